The molecule has 6 nitrogen and oxygen atoms in total. The molecule has 6 heteroatoms. The number of amides is 1. The van der Waals surface area contributed by atoms with E-state index in [1.165, 1.54) is 11.1 Å². The number of hydrogen-bond donors (Lipinski definition) is 0. The zero-order chi connectivity index (χ0) is 21.1. The van der Waals surface area contributed by atoms with Crippen molar-refractivity contribution in [3.05, 3.63) is 53.0 Å². The van der Waals surface area contributed by atoms with Gasteiger partial charge in [-0.15, -0.1) is 0 Å². The summed E-state index contributed by atoms with van der Waals surface area (Å²) in [7, 11) is 3.88. The lowest BCUT2D eigenvalue weighted by atomic mass is 10.0. The first kappa shape index (κ1) is 20.8. The molecule has 4 rings (SSSR count). The molecule has 0 spiro atoms. The van der Waals surface area contributed by atoms with Gasteiger partial charge in [-0.1, -0.05) is 30.3 Å². The van der Waals surface area contributed by atoms with E-state index in [-0.39, 0.29) is 11.9 Å². The summed E-state index contributed by atoms with van der Waals surface area (Å²) in [6.07, 6.45) is 5.15. The van der Waals surface area contributed by atoms with Crippen molar-refractivity contribution in [2.45, 2.75) is 45.1 Å². The summed E-state index contributed by atoms with van der Waals surface area (Å²) in [6.45, 7) is 5.33. The molecule has 0 aliphatic carbocycles. The Morgan fingerprint density at radius 2 is 1.93 bits per heavy atom. The maximum absolute atomic E-state index is 12.8. The monoisotopic (exact) mass is 407 g/mol. The number of aromatic nitrogens is 2. The molecule has 0 unspecified atom stereocenters. The molecule has 2 aromatic rings. The molecule has 1 aromatic heterocycles. The second-order valence-corrected chi connectivity index (χ2v) is 8.78. The molecule has 1 aromatic carbocycles. The molecule has 1 fully saturated rings. The van der Waals surface area contributed by atoms with Crippen LogP contribution in [0.3, 0.4) is 0 Å². The minimum absolute atomic E-state index is 0.000602. The van der Waals surface area contributed by atoms with Crippen molar-refractivity contribution in [3.8, 4) is 0 Å². The Hall–Kier alpha value is -2.47. The number of likely N-dealkylation sites (tertiary alicyclic amines) is 1. The summed E-state index contributed by atoms with van der Waals surface area (Å²) < 4.78 is 0. The third-order valence-electron chi connectivity index (χ3n) is 6.20. The van der Waals surface area contributed by atoms with Gasteiger partial charge in [0.05, 0.1) is 12.6 Å². The number of aryl methyl sites for hydroxylation is 1. The van der Waals surface area contributed by atoms with Crippen LogP contribution in [0.5, 0.6) is 0 Å². The van der Waals surface area contributed by atoms with Crippen LogP contribution in [0.15, 0.2) is 30.3 Å². The highest BCUT2D eigenvalue weighted by atomic mass is 16.2. The number of benzene rings is 1. The van der Waals surface area contributed by atoms with E-state index in [2.05, 4.69) is 42.2 Å². The Morgan fingerprint density at radius 3 is 2.70 bits per heavy atom. The molecule has 0 saturated carbocycles. The van der Waals surface area contributed by atoms with Crippen molar-refractivity contribution >= 4 is 11.7 Å². The van der Waals surface area contributed by atoms with E-state index in [1.807, 2.05) is 23.9 Å². The van der Waals surface area contributed by atoms with Crippen LogP contribution < -0.4 is 4.90 Å². The summed E-state index contributed by atoms with van der Waals surface area (Å²) in [5.74, 6) is 2.08. The fourth-order valence-corrected chi connectivity index (χ4v) is 4.68. The van der Waals surface area contributed by atoms with E-state index in [0.29, 0.717) is 6.54 Å². The van der Waals surface area contributed by atoms with Crippen LogP contribution in [0.2, 0.25) is 0 Å². The predicted octanol–water partition coefficient (Wildman–Crippen LogP) is 3.01. The number of anilines is 1. The minimum Gasteiger partial charge on any atom is -0.356 e. The number of fused-ring (bicyclic) bond motifs is 1. The molecule has 1 saturated heterocycles. The number of hydrogen-bond acceptors (Lipinski definition) is 5. The average Bonchev–Trinajstić information content (AvgIpc) is 3.23. The maximum atomic E-state index is 12.8. The van der Waals surface area contributed by atoms with Crippen LogP contribution in [0, 0.1) is 6.92 Å². The molecular formula is C24H33N5O. The van der Waals surface area contributed by atoms with Crippen molar-refractivity contribution in [1.29, 1.82) is 0 Å². The van der Waals surface area contributed by atoms with Crippen molar-refractivity contribution in [2.75, 3.05) is 45.2 Å². The Bertz CT molecular complexity index is 883. The second-order valence-electron chi connectivity index (χ2n) is 8.78. The highest BCUT2D eigenvalue weighted by molar-refractivity contribution is 5.79. The van der Waals surface area contributed by atoms with E-state index in [0.717, 1.165) is 69.1 Å². The van der Waals surface area contributed by atoms with Gasteiger partial charge in [0, 0.05) is 30.9 Å². The van der Waals surface area contributed by atoms with Gasteiger partial charge in [0.25, 0.3) is 0 Å². The largest absolute Gasteiger partial charge is 0.356 e. The SMILES string of the molecule is Cc1nc([C@H]2CCCN2C(=O)CN(C)C)nc2c1CCCN2CCc1ccccc1. The van der Waals surface area contributed by atoms with Gasteiger partial charge in [0.2, 0.25) is 5.91 Å². The van der Waals surface area contributed by atoms with E-state index < -0.39 is 0 Å². The summed E-state index contributed by atoms with van der Waals surface area (Å²) in [5, 5.41) is 0. The molecule has 0 radical (unpaired) electrons. The Morgan fingerprint density at radius 1 is 1.13 bits per heavy atom. The van der Waals surface area contributed by atoms with Crippen molar-refractivity contribution in [3.63, 3.8) is 0 Å². The Labute approximate surface area is 179 Å². The van der Waals surface area contributed by atoms with Crippen LogP contribution in [0.25, 0.3) is 0 Å². The molecule has 2 aliphatic rings. The number of carbonyl (C=O) groups excluding carboxylic acids is 1. The highest BCUT2D eigenvalue weighted by Gasteiger charge is 2.33. The van der Waals surface area contributed by atoms with Gasteiger partial charge < -0.3 is 14.7 Å². The molecular weight excluding hydrogens is 374 g/mol. The van der Waals surface area contributed by atoms with Crippen LogP contribution in [-0.4, -0.2) is 65.9 Å². The number of nitrogens with zero attached hydrogens (tertiary/aromatic N) is 5. The molecule has 3 heterocycles. The fourth-order valence-electron chi connectivity index (χ4n) is 4.68. The second kappa shape index (κ2) is 9.13. The summed E-state index contributed by atoms with van der Waals surface area (Å²) in [6, 6.07) is 10.6. The molecule has 0 bridgehead atoms. The van der Waals surface area contributed by atoms with Gasteiger partial charge in [-0.2, -0.15) is 0 Å². The molecule has 30 heavy (non-hydrogen) atoms. The van der Waals surface area contributed by atoms with Crippen LogP contribution in [-0.2, 0) is 17.6 Å². The lowest BCUT2D eigenvalue weighted by Crippen LogP contribution is -2.38. The van der Waals surface area contributed by atoms with Crippen molar-refractivity contribution in [1.82, 2.24) is 19.8 Å². The first-order valence-corrected chi connectivity index (χ1v) is 11.1. The summed E-state index contributed by atoms with van der Waals surface area (Å²) in [4.78, 5) is 29.1. The van der Waals surface area contributed by atoms with Gasteiger partial charge >= 0.3 is 0 Å². The summed E-state index contributed by atoms with van der Waals surface area (Å²) in [5.41, 5.74) is 3.71. The van der Waals surface area contributed by atoms with Crippen LogP contribution in [0.1, 0.15) is 47.9 Å². The van der Waals surface area contributed by atoms with Crippen molar-refractivity contribution in [2.24, 2.45) is 0 Å². The van der Waals surface area contributed by atoms with Gasteiger partial charge in [0.15, 0.2) is 5.82 Å². The standard InChI is InChI=1S/C24H33N5O/c1-18-20-11-7-14-28(16-13-19-9-5-4-6-10-19)24(20)26-23(25-18)21-12-8-15-29(21)22(30)17-27(2)3/h4-6,9-10,21H,7-8,11-17H2,1-3H3/t21-/m1/s1. The zero-order valence-corrected chi connectivity index (χ0v) is 18.5. The molecule has 160 valence electrons. The Kier molecular flexibility index (Phi) is 6.32. The average molecular weight is 408 g/mol. The smallest absolute Gasteiger partial charge is 0.237 e. The lowest BCUT2D eigenvalue weighted by Gasteiger charge is -2.32. The first-order valence-electron chi connectivity index (χ1n) is 11.1. The van der Waals surface area contributed by atoms with Crippen molar-refractivity contribution < 1.29 is 4.79 Å². The van der Waals surface area contributed by atoms with Crippen LogP contribution in [0.4, 0.5) is 5.82 Å². The third-order valence-corrected chi connectivity index (χ3v) is 6.20. The van der Waals surface area contributed by atoms with E-state index >= 15 is 0 Å². The quantitative estimate of drug-likeness (QED) is 0.737. The maximum Gasteiger partial charge on any atom is 0.237 e. The fraction of sp³-hybridized carbons (Fsp3) is 0.542. The molecule has 2 aliphatic heterocycles. The molecule has 1 atom stereocenters. The topological polar surface area (TPSA) is 52.6 Å². The van der Waals surface area contributed by atoms with Gasteiger partial charge in [-0.05, 0) is 58.7 Å². The van der Waals surface area contributed by atoms with E-state index in [4.69, 9.17) is 9.97 Å². The number of rotatable bonds is 6. The van der Waals surface area contributed by atoms with E-state index in [1.54, 1.807) is 0 Å². The summed E-state index contributed by atoms with van der Waals surface area (Å²) >= 11 is 0. The zero-order valence-electron chi connectivity index (χ0n) is 18.5. The Balaban J connectivity index is 1.57. The minimum atomic E-state index is -0.000602. The van der Waals surface area contributed by atoms with Crippen LogP contribution >= 0.6 is 0 Å². The lowest BCUT2D eigenvalue weighted by molar-refractivity contribution is -0.132. The highest BCUT2D eigenvalue weighted by Crippen LogP contribution is 2.34. The van der Waals surface area contributed by atoms with E-state index in [9.17, 15) is 4.79 Å². The predicted molar refractivity (Wildman–Crippen MR) is 120 cm³/mol. The number of carbonyl (C=O) groups is 1. The normalized spacial score (nSPS) is 18.7. The van der Waals surface area contributed by atoms with Gasteiger partial charge in [-0.25, -0.2) is 9.97 Å². The number of likely N-dealkylation sites (N-methyl/N-ethyl adjacent to an activating group) is 1. The third kappa shape index (κ3) is 4.48. The first-order chi connectivity index (χ1) is 14.5. The van der Waals surface area contributed by atoms with Gasteiger partial charge in [-0.3, -0.25) is 4.79 Å². The molecule has 1 amide bonds. The van der Waals surface area contributed by atoms with Gasteiger partial charge in [0.1, 0.15) is 5.82 Å². The molecule has 0 N–H and O–H groups in total.